The number of hydrogen-bond donors (Lipinski definition) is 0. The topological polar surface area (TPSA) is 57.0 Å². The van der Waals surface area contributed by atoms with Crippen LogP contribution in [0.15, 0.2) is 24.0 Å². The highest BCUT2D eigenvalue weighted by molar-refractivity contribution is 6.09. The molecule has 0 radical (unpaired) electrons. The average Bonchev–Trinajstić information content (AvgIpc) is 2.53. The van der Waals surface area contributed by atoms with E-state index in [1.54, 1.807) is 12.4 Å². The van der Waals surface area contributed by atoms with Crippen LogP contribution in [0.4, 0.5) is 0 Å². The summed E-state index contributed by atoms with van der Waals surface area (Å²) in [6.45, 7) is 4.22. The maximum Gasteiger partial charge on any atom is 0.179 e. The summed E-state index contributed by atoms with van der Waals surface area (Å²) in [4.78, 5) is 18.8. The third-order valence-electron chi connectivity index (χ3n) is 5.84. The number of likely N-dealkylation sites (tertiary alicyclic amines) is 1. The number of Topliss-reactive ketones (excluding diaryl/α,β-unsaturated/α-hetero) is 1. The van der Waals surface area contributed by atoms with Crippen molar-refractivity contribution in [2.24, 2.45) is 11.3 Å². The number of nitrogens with zero attached hydrogens (tertiary/aromatic N) is 3. The number of allylic oxidation sites excluding steroid dienone is 1. The van der Waals surface area contributed by atoms with Crippen molar-refractivity contribution in [3.63, 3.8) is 0 Å². The van der Waals surface area contributed by atoms with E-state index in [1.807, 2.05) is 6.07 Å². The second-order valence-corrected chi connectivity index (χ2v) is 7.47. The first-order chi connectivity index (χ1) is 11.1. The number of pyridine rings is 1. The molecule has 4 rings (SSSR count). The van der Waals surface area contributed by atoms with Crippen LogP contribution in [0.25, 0.3) is 5.70 Å². The van der Waals surface area contributed by atoms with Gasteiger partial charge < -0.3 is 4.90 Å². The molecule has 2 aliphatic carbocycles. The van der Waals surface area contributed by atoms with Gasteiger partial charge in [0.15, 0.2) is 5.78 Å². The predicted octanol–water partition coefficient (Wildman–Crippen LogP) is 2.95. The minimum atomic E-state index is -0.0689. The molecule has 0 bridgehead atoms. The van der Waals surface area contributed by atoms with E-state index in [0.29, 0.717) is 17.4 Å². The van der Waals surface area contributed by atoms with Crippen LogP contribution in [0.2, 0.25) is 0 Å². The van der Waals surface area contributed by atoms with Gasteiger partial charge in [0, 0.05) is 37.5 Å². The van der Waals surface area contributed by atoms with Crippen LogP contribution in [0.5, 0.6) is 0 Å². The number of piperidine rings is 1. The Bertz CT molecular complexity index is 727. The standard InChI is InChI=1S/C19H21N3O/c1-13-9-19(10-13)3-6-22(7-4-19)18-15-2-5-21-12-14(15)8-17(23)16(18)11-20/h2,5,12-13H,3-4,6-10H2,1H3. The molecule has 2 fully saturated rings. The molecule has 1 aromatic rings. The van der Waals surface area contributed by atoms with E-state index in [4.69, 9.17) is 0 Å². The van der Waals surface area contributed by atoms with Crippen LogP contribution < -0.4 is 0 Å². The number of ketones is 1. The van der Waals surface area contributed by atoms with E-state index in [2.05, 4.69) is 22.9 Å². The molecule has 4 heteroatoms. The van der Waals surface area contributed by atoms with Crippen molar-refractivity contribution in [3.05, 3.63) is 35.2 Å². The minimum Gasteiger partial charge on any atom is -0.370 e. The molecule has 2 heterocycles. The second-order valence-electron chi connectivity index (χ2n) is 7.47. The first-order valence-electron chi connectivity index (χ1n) is 8.48. The number of hydrogen-bond acceptors (Lipinski definition) is 4. The number of carbonyl (C=O) groups excluding carboxylic acids is 1. The van der Waals surface area contributed by atoms with E-state index in [1.165, 1.54) is 25.7 Å². The predicted molar refractivity (Wildman–Crippen MR) is 87.1 cm³/mol. The monoisotopic (exact) mass is 307 g/mol. The summed E-state index contributed by atoms with van der Waals surface area (Å²) < 4.78 is 0. The highest BCUT2D eigenvalue weighted by Crippen LogP contribution is 2.53. The summed E-state index contributed by atoms with van der Waals surface area (Å²) in [6, 6.07) is 4.11. The Labute approximate surface area is 136 Å². The molecule has 23 heavy (non-hydrogen) atoms. The Morgan fingerprint density at radius 1 is 1.35 bits per heavy atom. The van der Waals surface area contributed by atoms with Gasteiger partial charge in [0.25, 0.3) is 0 Å². The van der Waals surface area contributed by atoms with Crippen molar-refractivity contribution in [3.8, 4) is 6.07 Å². The summed E-state index contributed by atoms with van der Waals surface area (Å²) >= 11 is 0. The summed E-state index contributed by atoms with van der Waals surface area (Å²) in [7, 11) is 0. The first kappa shape index (κ1) is 14.4. The first-order valence-corrected chi connectivity index (χ1v) is 8.48. The van der Waals surface area contributed by atoms with Crippen LogP contribution in [-0.2, 0) is 11.2 Å². The molecule has 0 atom stereocenters. The largest absolute Gasteiger partial charge is 0.370 e. The van der Waals surface area contributed by atoms with Gasteiger partial charge in [-0.3, -0.25) is 9.78 Å². The quantitative estimate of drug-likeness (QED) is 0.800. The molecule has 1 aromatic heterocycles. The zero-order valence-electron chi connectivity index (χ0n) is 13.5. The third-order valence-corrected chi connectivity index (χ3v) is 5.84. The van der Waals surface area contributed by atoms with Crippen LogP contribution in [0.3, 0.4) is 0 Å². The van der Waals surface area contributed by atoms with E-state index in [0.717, 1.165) is 35.8 Å². The van der Waals surface area contributed by atoms with Gasteiger partial charge in [0.1, 0.15) is 11.6 Å². The molecule has 1 aliphatic heterocycles. The molecule has 1 spiro atoms. The van der Waals surface area contributed by atoms with Gasteiger partial charge in [0.2, 0.25) is 0 Å². The number of carbonyl (C=O) groups is 1. The SMILES string of the molecule is CC1CC2(CCN(C3=C(C#N)C(=O)Cc4cnccc43)CC2)C1. The van der Waals surface area contributed by atoms with E-state index in [-0.39, 0.29) is 5.78 Å². The van der Waals surface area contributed by atoms with Gasteiger partial charge >= 0.3 is 0 Å². The van der Waals surface area contributed by atoms with Crippen LogP contribution in [0.1, 0.15) is 43.7 Å². The lowest BCUT2D eigenvalue weighted by Gasteiger charge is -2.52. The fourth-order valence-corrected chi connectivity index (χ4v) is 4.80. The average molecular weight is 307 g/mol. The molecular weight excluding hydrogens is 286 g/mol. The normalized spacial score (nSPS) is 23.5. The van der Waals surface area contributed by atoms with Gasteiger partial charge in [-0.2, -0.15) is 5.26 Å². The Morgan fingerprint density at radius 2 is 2.09 bits per heavy atom. The highest BCUT2D eigenvalue weighted by atomic mass is 16.1. The van der Waals surface area contributed by atoms with Crippen molar-refractivity contribution in [1.29, 1.82) is 5.26 Å². The Morgan fingerprint density at radius 3 is 2.74 bits per heavy atom. The Balaban J connectivity index is 1.66. The fraction of sp³-hybridized carbons (Fsp3) is 0.526. The van der Waals surface area contributed by atoms with Crippen LogP contribution in [-0.4, -0.2) is 28.8 Å². The van der Waals surface area contributed by atoms with E-state index in [9.17, 15) is 10.1 Å². The molecular formula is C19H21N3O. The maximum atomic E-state index is 12.3. The molecule has 0 unspecified atom stereocenters. The number of rotatable bonds is 1. The van der Waals surface area contributed by atoms with E-state index < -0.39 is 0 Å². The number of nitriles is 1. The summed E-state index contributed by atoms with van der Waals surface area (Å²) in [5.41, 5.74) is 3.69. The van der Waals surface area contributed by atoms with Crippen molar-refractivity contribution in [2.75, 3.05) is 13.1 Å². The molecule has 3 aliphatic rings. The van der Waals surface area contributed by atoms with Crippen molar-refractivity contribution >= 4 is 11.5 Å². The molecule has 0 amide bonds. The summed E-state index contributed by atoms with van der Waals surface area (Å²) in [6.07, 6.45) is 8.84. The zero-order valence-corrected chi connectivity index (χ0v) is 13.5. The molecule has 118 valence electrons. The van der Waals surface area contributed by atoms with Gasteiger partial charge in [0.05, 0.1) is 5.70 Å². The lowest BCUT2D eigenvalue weighted by atomic mass is 9.58. The Kier molecular flexibility index (Phi) is 3.26. The highest BCUT2D eigenvalue weighted by Gasteiger charge is 2.44. The van der Waals surface area contributed by atoms with Gasteiger partial charge in [-0.05, 0) is 48.6 Å². The van der Waals surface area contributed by atoms with E-state index >= 15 is 0 Å². The van der Waals surface area contributed by atoms with Crippen molar-refractivity contribution < 1.29 is 4.79 Å². The second kappa shape index (κ2) is 5.19. The van der Waals surface area contributed by atoms with Crippen LogP contribution >= 0.6 is 0 Å². The smallest absolute Gasteiger partial charge is 0.179 e. The number of fused-ring (bicyclic) bond motifs is 1. The third kappa shape index (κ3) is 2.26. The zero-order chi connectivity index (χ0) is 16.0. The molecule has 4 nitrogen and oxygen atoms in total. The molecule has 1 saturated carbocycles. The lowest BCUT2D eigenvalue weighted by Crippen LogP contribution is -2.46. The van der Waals surface area contributed by atoms with Crippen LogP contribution in [0, 0.1) is 22.7 Å². The van der Waals surface area contributed by atoms with Gasteiger partial charge in [-0.25, -0.2) is 0 Å². The van der Waals surface area contributed by atoms with Gasteiger partial charge in [-0.1, -0.05) is 6.92 Å². The Hall–Kier alpha value is -2.15. The molecule has 0 aromatic carbocycles. The van der Waals surface area contributed by atoms with Crippen molar-refractivity contribution in [1.82, 2.24) is 9.88 Å². The fourth-order valence-electron chi connectivity index (χ4n) is 4.80. The molecule has 0 N–H and O–H groups in total. The number of aromatic nitrogens is 1. The summed E-state index contributed by atoms with van der Waals surface area (Å²) in [5, 5.41) is 9.51. The maximum absolute atomic E-state index is 12.3. The molecule has 1 saturated heterocycles. The van der Waals surface area contributed by atoms with Gasteiger partial charge in [-0.15, -0.1) is 0 Å². The summed E-state index contributed by atoms with van der Waals surface area (Å²) in [5.74, 6) is 0.791. The lowest BCUT2D eigenvalue weighted by molar-refractivity contribution is -0.114. The minimum absolute atomic E-state index is 0.0689. The van der Waals surface area contributed by atoms with Crippen molar-refractivity contribution in [2.45, 2.75) is 39.0 Å².